The number of hydrogen-bond donors (Lipinski definition) is 1. The highest BCUT2D eigenvalue weighted by Gasteiger charge is 2.32. The number of aryl methyl sites for hydroxylation is 1. The lowest BCUT2D eigenvalue weighted by Gasteiger charge is -2.25. The molecule has 0 saturated heterocycles. The molecule has 0 bridgehead atoms. The Hall–Kier alpha value is -1.58. The van der Waals surface area contributed by atoms with Crippen LogP contribution in [0.3, 0.4) is 0 Å². The van der Waals surface area contributed by atoms with Gasteiger partial charge in [0, 0.05) is 30.9 Å². The Morgan fingerprint density at radius 2 is 2.21 bits per heavy atom. The summed E-state index contributed by atoms with van der Waals surface area (Å²) >= 11 is 0. The molecule has 0 spiro atoms. The first-order chi connectivity index (χ1) is 9.02. The summed E-state index contributed by atoms with van der Waals surface area (Å²) in [6, 6.07) is 4.03. The number of anilines is 1. The van der Waals surface area contributed by atoms with E-state index in [0.717, 1.165) is 23.6 Å². The predicted octanol–water partition coefficient (Wildman–Crippen LogP) is 2.69. The van der Waals surface area contributed by atoms with Crippen molar-refractivity contribution < 1.29 is 4.79 Å². The summed E-state index contributed by atoms with van der Waals surface area (Å²) in [7, 11) is 1.90. The van der Waals surface area contributed by atoms with E-state index in [0.29, 0.717) is 12.0 Å². The minimum atomic E-state index is 0.0871. The summed E-state index contributed by atoms with van der Waals surface area (Å²) in [6.45, 7) is 6.88. The zero-order valence-electron chi connectivity index (χ0n) is 12.2. The van der Waals surface area contributed by atoms with Crippen LogP contribution in [-0.2, 0) is 0 Å². The molecule has 0 aromatic carbocycles. The van der Waals surface area contributed by atoms with E-state index in [-0.39, 0.29) is 5.91 Å². The summed E-state index contributed by atoms with van der Waals surface area (Å²) in [5.74, 6) is 1.55. The van der Waals surface area contributed by atoms with Crippen molar-refractivity contribution in [2.75, 3.05) is 18.9 Å². The Kier molecular flexibility index (Phi) is 4.08. The van der Waals surface area contributed by atoms with Crippen LogP contribution in [0.4, 0.5) is 5.82 Å². The van der Waals surface area contributed by atoms with Gasteiger partial charge in [0.25, 0.3) is 5.91 Å². The molecule has 1 aliphatic carbocycles. The van der Waals surface area contributed by atoms with Gasteiger partial charge in [-0.05, 0) is 51.7 Å². The third-order valence-electron chi connectivity index (χ3n) is 3.79. The number of carbonyl (C=O) groups excluding carboxylic acids is 1. The largest absolute Gasteiger partial charge is 0.370 e. The Labute approximate surface area is 115 Å². The second-order valence-corrected chi connectivity index (χ2v) is 5.41. The fourth-order valence-corrected chi connectivity index (χ4v) is 2.35. The Morgan fingerprint density at radius 3 is 2.79 bits per heavy atom. The summed E-state index contributed by atoms with van der Waals surface area (Å²) in [4.78, 5) is 18.7. The smallest absolute Gasteiger partial charge is 0.254 e. The van der Waals surface area contributed by atoms with E-state index >= 15 is 0 Å². The quantitative estimate of drug-likeness (QED) is 0.886. The SMILES string of the molecule is CCNc1cc(C(=O)N(C)C(C)C2CC2)cc(C)n1. The van der Waals surface area contributed by atoms with Crippen LogP contribution in [0.2, 0.25) is 0 Å². The van der Waals surface area contributed by atoms with Crippen molar-refractivity contribution in [2.24, 2.45) is 5.92 Å². The van der Waals surface area contributed by atoms with Gasteiger partial charge in [-0.1, -0.05) is 0 Å². The zero-order valence-corrected chi connectivity index (χ0v) is 12.2. The molecule has 1 unspecified atom stereocenters. The highest BCUT2D eigenvalue weighted by Crippen LogP contribution is 2.35. The molecule has 4 nitrogen and oxygen atoms in total. The van der Waals surface area contributed by atoms with Crippen molar-refractivity contribution in [2.45, 2.75) is 39.7 Å². The average molecular weight is 261 g/mol. The molecule has 1 aromatic rings. The first kappa shape index (κ1) is 13.8. The second-order valence-electron chi connectivity index (χ2n) is 5.41. The summed E-state index contributed by atoms with van der Waals surface area (Å²) < 4.78 is 0. The number of carbonyl (C=O) groups is 1. The van der Waals surface area contributed by atoms with Crippen molar-refractivity contribution in [1.82, 2.24) is 9.88 Å². The molecule has 1 aromatic heterocycles. The van der Waals surface area contributed by atoms with Crippen molar-refractivity contribution >= 4 is 11.7 Å². The Bertz CT molecular complexity index is 468. The number of pyridine rings is 1. The van der Waals surface area contributed by atoms with Crippen LogP contribution in [-0.4, -0.2) is 35.4 Å². The molecule has 19 heavy (non-hydrogen) atoms. The topological polar surface area (TPSA) is 45.2 Å². The first-order valence-corrected chi connectivity index (χ1v) is 7.02. The van der Waals surface area contributed by atoms with Crippen molar-refractivity contribution in [1.29, 1.82) is 0 Å². The lowest BCUT2D eigenvalue weighted by Crippen LogP contribution is -2.36. The van der Waals surface area contributed by atoms with Crippen molar-refractivity contribution in [3.63, 3.8) is 0 Å². The number of hydrogen-bond acceptors (Lipinski definition) is 3. The summed E-state index contributed by atoms with van der Waals surface area (Å²) in [6.07, 6.45) is 2.49. The molecule has 1 atom stereocenters. The van der Waals surface area contributed by atoms with Crippen molar-refractivity contribution in [3.8, 4) is 0 Å². The van der Waals surface area contributed by atoms with Crippen LogP contribution in [0.25, 0.3) is 0 Å². The number of amides is 1. The molecule has 2 rings (SSSR count). The maximum absolute atomic E-state index is 12.5. The van der Waals surface area contributed by atoms with E-state index in [4.69, 9.17) is 0 Å². The summed E-state index contributed by atoms with van der Waals surface area (Å²) in [5, 5.41) is 3.17. The van der Waals surface area contributed by atoms with Crippen LogP contribution in [0.1, 0.15) is 42.7 Å². The molecule has 104 valence electrons. The number of nitrogens with one attached hydrogen (secondary N) is 1. The molecule has 0 radical (unpaired) electrons. The monoisotopic (exact) mass is 261 g/mol. The van der Waals surface area contributed by atoms with Crippen LogP contribution in [0.5, 0.6) is 0 Å². The molecule has 4 heteroatoms. The molecule has 1 amide bonds. The molecular formula is C15H23N3O. The molecule has 1 fully saturated rings. The van der Waals surface area contributed by atoms with Gasteiger partial charge in [-0.25, -0.2) is 4.98 Å². The van der Waals surface area contributed by atoms with Gasteiger partial charge in [0.05, 0.1) is 0 Å². The lowest BCUT2D eigenvalue weighted by atomic mass is 10.1. The molecular weight excluding hydrogens is 238 g/mol. The number of rotatable bonds is 5. The molecule has 1 N–H and O–H groups in total. The lowest BCUT2D eigenvalue weighted by molar-refractivity contribution is 0.0727. The van der Waals surface area contributed by atoms with Crippen LogP contribution in [0.15, 0.2) is 12.1 Å². The minimum absolute atomic E-state index is 0.0871. The minimum Gasteiger partial charge on any atom is -0.370 e. The number of aromatic nitrogens is 1. The van der Waals surface area contributed by atoms with Crippen LogP contribution < -0.4 is 5.32 Å². The maximum atomic E-state index is 12.5. The normalized spacial score (nSPS) is 16.0. The van der Waals surface area contributed by atoms with Gasteiger partial charge in [-0.3, -0.25) is 4.79 Å². The van der Waals surface area contributed by atoms with Gasteiger partial charge in [-0.15, -0.1) is 0 Å². The van der Waals surface area contributed by atoms with E-state index in [1.54, 1.807) is 0 Å². The number of nitrogens with zero attached hydrogens (tertiary/aromatic N) is 2. The molecule has 0 aliphatic heterocycles. The van der Waals surface area contributed by atoms with Crippen LogP contribution >= 0.6 is 0 Å². The van der Waals surface area contributed by atoms with E-state index in [2.05, 4.69) is 17.2 Å². The maximum Gasteiger partial charge on any atom is 0.254 e. The third kappa shape index (κ3) is 3.25. The van der Waals surface area contributed by atoms with Crippen LogP contribution in [0, 0.1) is 12.8 Å². The fraction of sp³-hybridized carbons (Fsp3) is 0.600. The Balaban J connectivity index is 2.17. The highest BCUT2D eigenvalue weighted by atomic mass is 16.2. The average Bonchev–Trinajstić information content (AvgIpc) is 3.20. The first-order valence-electron chi connectivity index (χ1n) is 7.02. The van der Waals surface area contributed by atoms with E-state index in [1.165, 1.54) is 12.8 Å². The Morgan fingerprint density at radius 1 is 1.53 bits per heavy atom. The third-order valence-corrected chi connectivity index (χ3v) is 3.79. The zero-order chi connectivity index (χ0) is 14.0. The van der Waals surface area contributed by atoms with Crippen molar-refractivity contribution in [3.05, 3.63) is 23.4 Å². The fourth-order valence-electron chi connectivity index (χ4n) is 2.35. The second kappa shape index (κ2) is 5.59. The molecule has 1 aliphatic rings. The highest BCUT2D eigenvalue weighted by molar-refractivity contribution is 5.95. The standard InChI is InChI=1S/C15H23N3O/c1-5-16-14-9-13(8-10(2)17-14)15(19)18(4)11(3)12-6-7-12/h8-9,11-12H,5-7H2,1-4H3,(H,16,17). The predicted molar refractivity (Wildman–Crippen MR) is 77.4 cm³/mol. The summed E-state index contributed by atoms with van der Waals surface area (Å²) in [5.41, 5.74) is 1.59. The van der Waals surface area contributed by atoms with E-state index in [9.17, 15) is 4.79 Å². The van der Waals surface area contributed by atoms with Gasteiger partial charge < -0.3 is 10.2 Å². The molecule has 1 heterocycles. The van der Waals surface area contributed by atoms with Gasteiger partial charge >= 0.3 is 0 Å². The van der Waals surface area contributed by atoms with Gasteiger partial charge in [-0.2, -0.15) is 0 Å². The van der Waals surface area contributed by atoms with E-state index < -0.39 is 0 Å². The molecule has 1 saturated carbocycles. The van der Waals surface area contributed by atoms with Gasteiger partial charge in [0.1, 0.15) is 5.82 Å². The van der Waals surface area contributed by atoms with Gasteiger partial charge in [0.2, 0.25) is 0 Å². The van der Waals surface area contributed by atoms with E-state index in [1.807, 2.05) is 37.9 Å². The van der Waals surface area contributed by atoms with Gasteiger partial charge in [0.15, 0.2) is 0 Å².